The van der Waals surface area contributed by atoms with E-state index in [-0.39, 0.29) is 0 Å². The number of hydrogen-bond donors (Lipinski definition) is 1. The third kappa shape index (κ3) is 2.73. The van der Waals surface area contributed by atoms with Crippen molar-refractivity contribution in [1.82, 2.24) is 4.98 Å². The van der Waals surface area contributed by atoms with Crippen molar-refractivity contribution < 1.29 is 8.83 Å². The van der Waals surface area contributed by atoms with Crippen LogP contribution in [-0.2, 0) is 0 Å². The molecular weight excluding hydrogens is 376 g/mol. The van der Waals surface area contributed by atoms with E-state index < -0.39 is 5.63 Å². The normalized spacial score (nSPS) is 11.2. The highest BCUT2D eigenvalue weighted by Crippen LogP contribution is 2.40. The maximum absolute atomic E-state index is 12.8. The number of halogens is 1. The largest absolute Gasteiger partial charge is 0.453 e. The molecule has 0 spiro atoms. The number of aromatic nitrogens is 1. The van der Waals surface area contributed by atoms with Crippen molar-refractivity contribution in [2.75, 3.05) is 5.32 Å². The molecule has 0 bridgehead atoms. The first-order valence-corrected chi connectivity index (χ1v) is 9.01. The topological polar surface area (TPSA) is 68.3 Å². The highest BCUT2D eigenvalue weighted by atomic mass is 35.5. The van der Waals surface area contributed by atoms with E-state index >= 15 is 0 Å². The molecule has 0 unspecified atom stereocenters. The molecule has 0 amide bonds. The van der Waals surface area contributed by atoms with Crippen LogP contribution in [0.4, 0.5) is 11.5 Å². The van der Waals surface area contributed by atoms with E-state index in [0.29, 0.717) is 38.8 Å². The lowest BCUT2D eigenvalue weighted by atomic mass is 10.1. The van der Waals surface area contributed by atoms with E-state index in [4.69, 9.17) is 20.4 Å². The minimum Gasteiger partial charge on any atom is -0.453 e. The molecule has 3 heterocycles. The molecule has 1 N–H and O–H groups in total. The second-order valence-electron chi connectivity index (χ2n) is 6.25. The standard InChI is InChI=1S/C22H13ClN2O3/c23-14-10-11-17(24-12-14)25-19-18-21(28-20(19)13-6-2-1-3-7-13)15-8-4-5-9-16(15)27-22(18)26/h1-12H,(H,24,25). The Labute approximate surface area is 164 Å². The number of pyridine rings is 1. The fraction of sp³-hybridized carbons (Fsp3) is 0. The Morgan fingerprint density at radius 1 is 0.893 bits per heavy atom. The highest BCUT2D eigenvalue weighted by molar-refractivity contribution is 6.30. The molecule has 0 saturated carbocycles. The highest BCUT2D eigenvalue weighted by Gasteiger charge is 2.22. The second-order valence-corrected chi connectivity index (χ2v) is 6.69. The van der Waals surface area contributed by atoms with Crippen LogP contribution in [0.1, 0.15) is 0 Å². The van der Waals surface area contributed by atoms with Gasteiger partial charge in [0.1, 0.15) is 22.5 Å². The molecule has 2 aromatic carbocycles. The third-order valence-electron chi connectivity index (χ3n) is 4.46. The molecule has 5 aromatic rings. The van der Waals surface area contributed by atoms with Crippen LogP contribution in [0.2, 0.25) is 5.02 Å². The Bertz CT molecular complexity index is 1360. The van der Waals surface area contributed by atoms with E-state index in [1.54, 1.807) is 18.2 Å². The van der Waals surface area contributed by atoms with Gasteiger partial charge in [-0.1, -0.05) is 54.1 Å². The van der Waals surface area contributed by atoms with Gasteiger partial charge in [0.05, 0.1) is 10.4 Å². The number of rotatable bonds is 3. The molecule has 5 rings (SSSR count). The summed E-state index contributed by atoms with van der Waals surface area (Å²) in [5.41, 5.74) is 1.82. The first kappa shape index (κ1) is 16.6. The number of fused-ring (bicyclic) bond motifs is 3. The molecule has 0 atom stereocenters. The molecule has 3 aromatic heterocycles. The van der Waals surface area contributed by atoms with Gasteiger partial charge in [0.25, 0.3) is 0 Å². The van der Waals surface area contributed by atoms with Gasteiger partial charge >= 0.3 is 5.63 Å². The van der Waals surface area contributed by atoms with Gasteiger partial charge in [0.2, 0.25) is 0 Å². The molecule has 0 aliphatic heterocycles. The summed E-state index contributed by atoms with van der Waals surface area (Å²) in [6.45, 7) is 0. The number of nitrogens with one attached hydrogen (secondary N) is 1. The average molecular weight is 389 g/mol. The van der Waals surface area contributed by atoms with Crippen LogP contribution in [-0.4, -0.2) is 4.98 Å². The van der Waals surface area contributed by atoms with Gasteiger partial charge in [0, 0.05) is 11.8 Å². The summed E-state index contributed by atoms with van der Waals surface area (Å²) in [6, 6.07) is 20.3. The molecule has 28 heavy (non-hydrogen) atoms. The minimum absolute atomic E-state index is 0.342. The van der Waals surface area contributed by atoms with Gasteiger partial charge in [-0.25, -0.2) is 9.78 Å². The van der Waals surface area contributed by atoms with Crippen LogP contribution >= 0.6 is 11.6 Å². The number of hydrogen-bond acceptors (Lipinski definition) is 5. The lowest BCUT2D eigenvalue weighted by Gasteiger charge is -2.06. The molecular formula is C22H13ClN2O3. The fourth-order valence-electron chi connectivity index (χ4n) is 3.20. The zero-order valence-corrected chi connectivity index (χ0v) is 15.2. The summed E-state index contributed by atoms with van der Waals surface area (Å²) in [5.74, 6) is 1.08. The van der Waals surface area contributed by atoms with E-state index in [1.807, 2.05) is 48.5 Å². The van der Waals surface area contributed by atoms with Gasteiger partial charge in [-0.2, -0.15) is 0 Å². The quantitative estimate of drug-likeness (QED) is 0.384. The average Bonchev–Trinajstić information content (AvgIpc) is 3.11. The molecule has 0 radical (unpaired) electrons. The van der Waals surface area contributed by atoms with Gasteiger partial charge in [-0.15, -0.1) is 0 Å². The SMILES string of the molecule is O=c1oc2ccccc2c2oc(-c3ccccc3)c(Nc3ccc(Cl)cn3)c12. The predicted octanol–water partition coefficient (Wildman–Crippen LogP) is 6.00. The maximum Gasteiger partial charge on any atom is 0.349 e. The van der Waals surface area contributed by atoms with Crippen molar-refractivity contribution in [3.63, 3.8) is 0 Å². The minimum atomic E-state index is -0.476. The summed E-state index contributed by atoms with van der Waals surface area (Å²) < 4.78 is 11.7. The number of furan rings is 1. The van der Waals surface area contributed by atoms with E-state index in [9.17, 15) is 4.79 Å². The van der Waals surface area contributed by atoms with Crippen LogP contribution in [0.5, 0.6) is 0 Å². The first-order chi connectivity index (χ1) is 13.7. The van der Waals surface area contributed by atoms with Crippen molar-refractivity contribution in [3.05, 3.63) is 88.4 Å². The molecule has 0 saturated heterocycles. The zero-order valence-electron chi connectivity index (χ0n) is 14.5. The smallest absolute Gasteiger partial charge is 0.349 e. The van der Waals surface area contributed by atoms with Crippen LogP contribution < -0.4 is 10.9 Å². The number of para-hydroxylation sites is 1. The Kier molecular flexibility index (Phi) is 3.88. The molecule has 0 aliphatic carbocycles. The Morgan fingerprint density at radius 2 is 1.68 bits per heavy atom. The summed E-state index contributed by atoms with van der Waals surface area (Å²) >= 11 is 5.93. The molecule has 136 valence electrons. The number of benzene rings is 2. The van der Waals surface area contributed by atoms with Crippen LogP contribution in [0.3, 0.4) is 0 Å². The number of anilines is 2. The van der Waals surface area contributed by atoms with E-state index in [2.05, 4.69) is 10.3 Å². The summed E-state index contributed by atoms with van der Waals surface area (Å²) in [7, 11) is 0. The van der Waals surface area contributed by atoms with Crippen molar-refractivity contribution in [2.45, 2.75) is 0 Å². The molecule has 0 fully saturated rings. The summed E-state index contributed by atoms with van der Waals surface area (Å²) in [6.07, 6.45) is 1.53. The molecule has 6 heteroatoms. The maximum atomic E-state index is 12.8. The van der Waals surface area contributed by atoms with Gasteiger partial charge < -0.3 is 14.2 Å². The Hall–Kier alpha value is -3.57. The number of nitrogens with zero attached hydrogens (tertiary/aromatic N) is 1. The molecule has 0 aliphatic rings. The molecule has 5 nitrogen and oxygen atoms in total. The van der Waals surface area contributed by atoms with Gasteiger partial charge in [-0.3, -0.25) is 0 Å². The van der Waals surface area contributed by atoms with Gasteiger partial charge in [-0.05, 0) is 24.3 Å². The van der Waals surface area contributed by atoms with Crippen LogP contribution in [0.15, 0.2) is 86.6 Å². The lowest BCUT2D eigenvalue weighted by molar-refractivity contribution is 0.565. The van der Waals surface area contributed by atoms with Crippen molar-refractivity contribution >= 4 is 45.0 Å². The fourth-order valence-corrected chi connectivity index (χ4v) is 3.31. The van der Waals surface area contributed by atoms with Crippen molar-refractivity contribution in [3.8, 4) is 11.3 Å². The Balaban J connectivity index is 1.83. The summed E-state index contributed by atoms with van der Waals surface area (Å²) in [4.78, 5) is 17.1. The lowest BCUT2D eigenvalue weighted by Crippen LogP contribution is -2.02. The summed E-state index contributed by atoms with van der Waals surface area (Å²) in [5, 5.41) is 4.80. The van der Waals surface area contributed by atoms with Crippen molar-refractivity contribution in [1.29, 1.82) is 0 Å². The van der Waals surface area contributed by atoms with E-state index in [1.165, 1.54) is 6.20 Å². The van der Waals surface area contributed by atoms with Crippen LogP contribution in [0.25, 0.3) is 33.3 Å². The third-order valence-corrected chi connectivity index (χ3v) is 4.69. The monoisotopic (exact) mass is 388 g/mol. The van der Waals surface area contributed by atoms with Gasteiger partial charge in [0.15, 0.2) is 11.3 Å². The predicted molar refractivity (Wildman–Crippen MR) is 110 cm³/mol. The van der Waals surface area contributed by atoms with Crippen molar-refractivity contribution in [2.24, 2.45) is 0 Å². The Morgan fingerprint density at radius 3 is 2.46 bits per heavy atom. The zero-order chi connectivity index (χ0) is 19.1. The van der Waals surface area contributed by atoms with Crippen LogP contribution in [0, 0.1) is 0 Å². The second kappa shape index (κ2) is 6.55. The first-order valence-electron chi connectivity index (χ1n) is 8.63. The van der Waals surface area contributed by atoms with E-state index in [0.717, 1.165) is 10.9 Å².